The molecular formula is C29H28N4O3. The third kappa shape index (κ3) is 4.09. The van der Waals surface area contributed by atoms with Crippen LogP contribution >= 0.6 is 0 Å². The summed E-state index contributed by atoms with van der Waals surface area (Å²) in [6.45, 7) is 6.23. The Morgan fingerprint density at radius 3 is 1.56 bits per heavy atom. The summed E-state index contributed by atoms with van der Waals surface area (Å²) in [6.07, 6.45) is 0. The molecule has 2 heterocycles. The predicted molar refractivity (Wildman–Crippen MR) is 141 cm³/mol. The van der Waals surface area contributed by atoms with E-state index < -0.39 is 5.92 Å². The first-order valence-electron chi connectivity index (χ1n) is 12.0. The highest BCUT2D eigenvalue weighted by Gasteiger charge is 2.30. The van der Waals surface area contributed by atoms with Crippen molar-refractivity contribution >= 4 is 0 Å². The minimum absolute atomic E-state index is 0.191. The average Bonchev–Trinajstić information content (AvgIpc) is 3.36. The normalized spacial score (nSPS) is 11.2. The SMILES string of the molecule is CCOc1ccc(C(c2c(C)[nH]n(-c3ccccc3)c2=O)c2c(C)[nH]n(-c3ccccc3)c2=O)cc1. The van der Waals surface area contributed by atoms with Crippen LogP contribution in [-0.4, -0.2) is 26.2 Å². The van der Waals surface area contributed by atoms with Crippen LogP contribution in [0.2, 0.25) is 0 Å². The highest BCUT2D eigenvalue weighted by molar-refractivity contribution is 5.48. The van der Waals surface area contributed by atoms with Crippen molar-refractivity contribution in [2.24, 2.45) is 0 Å². The van der Waals surface area contributed by atoms with E-state index in [4.69, 9.17) is 4.74 Å². The Bertz CT molecular complexity index is 1490. The van der Waals surface area contributed by atoms with Gasteiger partial charge in [-0.15, -0.1) is 0 Å². The summed E-state index contributed by atoms with van der Waals surface area (Å²) in [5.41, 5.74) is 4.38. The number of aromatic nitrogens is 4. The Morgan fingerprint density at radius 1 is 0.694 bits per heavy atom. The molecule has 0 unspecified atom stereocenters. The predicted octanol–water partition coefficient (Wildman–Crippen LogP) is 4.84. The smallest absolute Gasteiger partial charge is 0.275 e. The lowest BCUT2D eigenvalue weighted by Gasteiger charge is -2.16. The summed E-state index contributed by atoms with van der Waals surface area (Å²) < 4.78 is 8.69. The van der Waals surface area contributed by atoms with Crippen molar-refractivity contribution in [1.29, 1.82) is 0 Å². The molecule has 0 spiro atoms. The number of ether oxygens (including phenoxy) is 1. The molecule has 0 atom stereocenters. The molecule has 0 saturated carbocycles. The van der Waals surface area contributed by atoms with E-state index in [9.17, 15) is 9.59 Å². The van der Waals surface area contributed by atoms with Crippen LogP contribution in [0, 0.1) is 13.8 Å². The van der Waals surface area contributed by atoms with Gasteiger partial charge in [-0.05, 0) is 62.7 Å². The van der Waals surface area contributed by atoms with E-state index >= 15 is 0 Å². The maximum Gasteiger partial charge on any atom is 0.275 e. The lowest BCUT2D eigenvalue weighted by Crippen LogP contribution is -2.25. The van der Waals surface area contributed by atoms with Gasteiger partial charge in [0.25, 0.3) is 11.1 Å². The zero-order valence-electron chi connectivity index (χ0n) is 20.5. The molecule has 5 rings (SSSR count). The Labute approximate surface area is 208 Å². The van der Waals surface area contributed by atoms with E-state index in [1.54, 1.807) is 0 Å². The van der Waals surface area contributed by atoms with Crippen LogP contribution < -0.4 is 15.9 Å². The van der Waals surface area contributed by atoms with E-state index in [0.29, 0.717) is 29.1 Å². The van der Waals surface area contributed by atoms with E-state index in [-0.39, 0.29) is 11.1 Å². The lowest BCUT2D eigenvalue weighted by atomic mass is 9.85. The van der Waals surface area contributed by atoms with Gasteiger partial charge in [0.1, 0.15) is 5.75 Å². The number of para-hydroxylation sites is 2. The van der Waals surface area contributed by atoms with Crippen molar-refractivity contribution in [2.75, 3.05) is 6.61 Å². The van der Waals surface area contributed by atoms with Gasteiger partial charge in [0.05, 0.1) is 29.1 Å². The fraction of sp³-hybridized carbons (Fsp3) is 0.172. The second-order valence-electron chi connectivity index (χ2n) is 8.69. The van der Waals surface area contributed by atoms with E-state index in [2.05, 4.69) is 10.2 Å². The molecule has 182 valence electrons. The Hall–Kier alpha value is -4.52. The number of nitrogens with one attached hydrogen (secondary N) is 2. The molecule has 0 bridgehead atoms. The molecule has 7 heteroatoms. The molecule has 0 radical (unpaired) electrons. The number of nitrogens with zero attached hydrogens (tertiary/aromatic N) is 2. The zero-order valence-corrected chi connectivity index (χ0v) is 20.5. The van der Waals surface area contributed by atoms with Gasteiger partial charge < -0.3 is 4.74 Å². The van der Waals surface area contributed by atoms with Crippen LogP contribution in [0.3, 0.4) is 0 Å². The molecule has 36 heavy (non-hydrogen) atoms. The summed E-state index contributed by atoms with van der Waals surface area (Å²) >= 11 is 0. The van der Waals surface area contributed by atoms with Crippen molar-refractivity contribution in [2.45, 2.75) is 26.7 Å². The first-order chi connectivity index (χ1) is 17.5. The van der Waals surface area contributed by atoms with Gasteiger partial charge in [-0.3, -0.25) is 19.8 Å². The number of H-pyrrole nitrogens is 2. The quantitative estimate of drug-likeness (QED) is 0.350. The maximum atomic E-state index is 13.8. The molecule has 0 aliphatic rings. The van der Waals surface area contributed by atoms with Gasteiger partial charge in [0, 0.05) is 17.3 Å². The van der Waals surface area contributed by atoms with Crippen LogP contribution in [0.25, 0.3) is 11.4 Å². The lowest BCUT2D eigenvalue weighted by molar-refractivity contribution is 0.340. The van der Waals surface area contributed by atoms with Crippen LogP contribution in [0.5, 0.6) is 5.75 Å². The average molecular weight is 481 g/mol. The highest BCUT2D eigenvalue weighted by Crippen LogP contribution is 2.33. The van der Waals surface area contributed by atoms with Gasteiger partial charge in [-0.2, -0.15) is 0 Å². The van der Waals surface area contributed by atoms with Gasteiger partial charge in [-0.1, -0.05) is 48.5 Å². The van der Waals surface area contributed by atoms with E-state index in [0.717, 1.165) is 22.7 Å². The van der Waals surface area contributed by atoms with E-state index in [1.807, 2.05) is 106 Å². The van der Waals surface area contributed by atoms with Gasteiger partial charge in [0.15, 0.2) is 0 Å². The number of aromatic amines is 2. The summed E-state index contributed by atoms with van der Waals surface area (Å²) in [6, 6.07) is 26.4. The molecular weight excluding hydrogens is 452 g/mol. The monoisotopic (exact) mass is 480 g/mol. The molecule has 0 aliphatic heterocycles. The molecule has 0 aliphatic carbocycles. The largest absolute Gasteiger partial charge is 0.494 e. The molecule has 2 aromatic heterocycles. The third-order valence-electron chi connectivity index (χ3n) is 6.36. The number of hydrogen-bond acceptors (Lipinski definition) is 3. The molecule has 2 N–H and O–H groups in total. The van der Waals surface area contributed by atoms with E-state index in [1.165, 1.54) is 9.36 Å². The highest BCUT2D eigenvalue weighted by atomic mass is 16.5. The zero-order chi connectivity index (χ0) is 25.2. The van der Waals surface area contributed by atoms with Gasteiger partial charge in [-0.25, -0.2) is 9.36 Å². The summed E-state index contributed by atoms with van der Waals surface area (Å²) in [7, 11) is 0. The summed E-state index contributed by atoms with van der Waals surface area (Å²) in [4.78, 5) is 27.7. The number of hydrogen-bond donors (Lipinski definition) is 2. The van der Waals surface area contributed by atoms with Crippen molar-refractivity contribution in [3.8, 4) is 17.1 Å². The summed E-state index contributed by atoms with van der Waals surface area (Å²) in [5, 5.41) is 6.44. The van der Waals surface area contributed by atoms with Crippen molar-refractivity contribution < 1.29 is 4.74 Å². The minimum atomic E-state index is -0.580. The first-order valence-corrected chi connectivity index (χ1v) is 12.0. The fourth-order valence-corrected chi connectivity index (χ4v) is 4.72. The second-order valence-corrected chi connectivity index (χ2v) is 8.69. The topological polar surface area (TPSA) is 84.8 Å². The molecule has 0 amide bonds. The van der Waals surface area contributed by atoms with Crippen LogP contribution in [-0.2, 0) is 0 Å². The third-order valence-corrected chi connectivity index (χ3v) is 6.36. The molecule has 0 fully saturated rings. The Balaban J connectivity index is 1.74. The minimum Gasteiger partial charge on any atom is -0.494 e. The fourth-order valence-electron chi connectivity index (χ4n) is 4.72. The van der Waals surface area contributed by atoms with Gasteiger partial charge in [0.2, 0.25) is 0 Å². The van der Waals surface area contributed by atoms with Crippen LogP contribution in [0.15, 0.2) is 94.5 Å². The Morgan fingerprint density at radius 2 is 1.14 bits per heavy atom. The van der Waals surface area contributed by atoms with Gasteiger partial charge >= 0.3 is 0 Å². The number of aryl methyl sites for hydroxylation is 2. The number of benzene rings is 3. The van der Waals surface area contributed by atoms with Crippen molar-refractivity contribution in [3.63, 3.8) is 0 Å². The molecule has 3 aromatic carbocycles. The second kappa shape index (κ2) is 9.62. The van der Waals surface area contributed by atoms with Crippen molar-refractivity contribution in [3.05, 3.63) is 134 Å². The first kappa shape index (κ1) is 23.2. The van der Waals surface area contributed by atoms with Crippen LogP contribution in [0.1, 0.15) is 40.9 Å². The standard InChI is InChI=1S/C29H28N4O3/c1-4-36-24-17-15-21(16-18-24)27(25-19(2)30-32(28(25)34)22-11-7-5-8-12-22)26-20(3)31-33(29(26)35)23-13-9-6-10-14-23/h5-18,27,30-31H,4H2,1-3H3. The van der Waals surface area contributed by atoms with Crippen molar-refractivity contribution in [1.82, 2.24) is 19.6 Å². The Kier molecular flexibility index (Phi) is 6.21. The maximum absolute atomic E-state index is 13.8. The van der Waals surface area contributed by atoms with Crippen LogP contribution in [0.4, 0.5) is 0 Å². The summed E-state index contributed by atoms with van der Waals surface area (Å²) in [5.74, 6) is 0.156. The molecule has 7 nitrogen and oxygen atoms in total. The number of rotatable bonds is 7. The molecule has 5 aromatic rings. The molecule has 0 saturated heterocycles.